The number of amides is 2. The van der Waals surface area contributed by atoms with Gasteiger partial charge in [0.2, 0.25) is 5.91 Å². The predicted octanol–water partition coefficient (Wildman–Crippen LogP) is 3.96. The van der Waals surface area contributed by atoms with E-state index in [1.807, 2.05) is 13.0 Å². The Balaban J connectivity index is 1.47. The van der Waals surface area contributed by atoms with Crippen molar-refractivity contribution in [3.05, 3.63) is 46.2 Å². The van der Waals surface area contributed by atoms with E-state index in [2.05, 4.69) is 5.32 Å². The standard InChI is InChI=1S/C21H22N2O5S/c1-14-6-10-19(29-14)18(25)9-7-15(24)8-11-20(26)22-16-4-2-3-5-17(16)23-12-13-28-21(23)27/h2-6,10H,7-9,11-13H2,1H3,(H,22,26). The summed E-state index contributed by atoms with van der Waals surface area (Å²) >= 11 is 1.42. The molecule has 1 N–H and O–H groups in total. The van der Waals surface area contributed by atoms with Gasteiger partial charge in [0.1, 0.15) is 12.4 Å². The summed E-state index contributed by atoms with van der Waals surface area (Å²) in [6, 6.07) is 10.6. The van der Waals surface area contributed by atoms with E-state index in [9.17, 15) is 19.2 Å². The van der Waals surface area contributed by atoms with Gasteiger partial charge in [-0.05, 0) is 31.2 Å². The molecule has 0 aliphatic carbocycles. The number of aryl methyl sites for hydroxylation is 1. The zero-order valence-electron chi connectivity index (χ0n) is 16.1. The highest BCUT2D eigenvalue weighted by molar-refractivity contribution is 7.14. The summed E-state index contributed by atoms with van der Waals surface area (Å²) in [5, 5.41) is 2.75. The van der Waals surface area contributed by atoms with Crippen LogP contribution in [0.15, 0.2) is 36.4 Å². The van der Waals surface area contributed by atoms with E-state index in [-0.39, 0.29) is 43.2 Å². The van der Waals surface area contributed by atoms with E-state index >= 15 is 0 Å². The normalized spacial score (nSPS) is 13.3. The molecule has 2 aromatic rings. The third-order valence-corrected chi connectivity index (χ3v) is 5.55. The molecule has 1 aromatic heterocycles. The third kappa shape index (κ3) is 5.51. The molecular weight excluding hydrogens is 392 g/mol. The first-order chi connectivity index (χ1) is 13.9. The van der Waals surface area contributed by atoms with Crippen molar-refractivity contribution in [2.75, 3.05) is 23.4 Å². The van der Waals surface area contributed by atoms with Crippen LogP contribution in [0.2, 0.25) is 0 Å². The number of carbonyl (C=O) groups is 4. The second kappa shape index (κ2) is 9.47. The van der Waals surface area contributed by atoms with E-state index in [0.29, 0.717) is 29.4 Å². The number of cyclic esters (lactones) is 1. The summed E-state index contributed by atoms with van der Waals surface area (Å²) in [6.07, 6.45) is -0.0903. The maximum absolute atomic E-state index is 12.3. The Morgan fingerprint density at radius 2 is 1.83 bits per heavy atom. The molecule has 0 spiro atoms. The largest absolute Gasteiger partial charge is 0.447 e. The second-order valence-electron chi connectivity index (χ2n) is 6.70. The molecule has 29 heavy (non-hydrogen) atoms. The minimum atomic E-state index is -0.451. The molecule has 2 amide bonds. The van der Waals surface area contributed by atoms with Gasteiger partial charge < -0.3 is 10.1 Å². The molecule has 3 rings (SSSR count). The van der Waals surface area contributed by atoms with E-state index < -0.39 is 6.09 Å². The van der Waals surface area contributed by atoms with Crippen molar-refractivity contribution in [1.82, 2.24) is 0 Å². The highest BCUT2D eigenvalue weighted by Crippen LogP contribution is 2.28. The van der Waals surface area contributed by atoms with Crippen molar-refractivity contribution in [2.24, 2.45) is 0 Å². The van der Waals surface area contributed by atoms with Crippen LogP contribution in [0, 0.1) is 6.92 Å². The lowest BCUT2D eigenvalue weighted by atomic mass is 10.1. The Morgan fingerprint density at radius 1 is 1.07 bits per heavy atom. The van der Waals surface area contributed by atoms with Crippen molar-refractivity contribution in [2.45, 2.75) is 32.6 Å². The predicted molar refractivity (Wildman–Crippen MR) is 111 cm³/mol. The fourth-order valence-corrected chi connectivity index (χ4v) is 3.81. The Bertz CT molecular complexity index is 937. The Kier molecular flexibility index (Phi) is 6.77. The molecule has 0 atom stereocenters. The van der Waals surface area contributed by atoms with E-state index in [4.69, 9.17) is 4.74 Å². The quantitative estimate of drug-likeness (QED) is 0.627. The maximum atomic E-state index is 12.3. The fraction of sp³-hybridized carbons (Fsp3) is 0.333. The van der Waals surface area contributed by atoms with Crippen LogP contribution in [0.1, 0.15) is 40.2 Å². The Labute approximate surface area is 172 Å². The molecule has 1 fully saturated rings. The van der Waals surface area contributed by atoms with Gasteiger partial charge in [0.15, 0.2) is 5.78 Å². The Hall–Kier alpha value is -3.00. The average Bonchev–Trinajstić information content (AvgIpc) is 3.33. The van der Waals surface area contributed by atoms with Gasteiger partial charge in [0.05, 0.1) is 22.8 Å². The van der Waals surface area contributed by atoms with E-state index in [0.717, 1.165) is 4.88 Å². The van der Waals surface area contributed by atoms with Crippen LogP contribution in [-0.4, -0.2) is 36.7 Å². The Morgan fingerprint density at radius 3 is 2.52 bits per heavy atom. The first-order valence-corrected chi connectivity index (χ1v) is 10.2. The zero-order chi connectivity index (χ0) is 20.8. The maximum Gasteiger partial charge on any atom is 0.414 e. The highest BCUT2D eigenvalue weighted by Gasteiger charge is 2.26. The van der Waals surface area contributed by atoms with Gasteiger partial charge >= 0.3 is 6.09 Å². The number of nitrogens with zero attached hydrogens (tertiary/aromatic N) is 1. The van der Waals surface area contributed by atoms with E-state index in [1.54, 1.807) is 30.3 Å². The molecule has 1 aliphatic heterocycles. The zero-order valence-corrected chi connectivity index (χ0v) is 16.9. The number of anilines is 2. The molecule has 0 bridgehead atoms. The average molecular weight is 414 g/mol. The summed E-state index contributed by atoms with van der Waals surface area (Å²) in [4.78, 5) is 51.3. The highest BCUT2D eigenvalue weighted by atomic mass is 32.1. The van der Waals surface area contributed by atoms with Crippen molar-refractivity contribution in [3.8, 4) is 0 Å². The molecule has 0 saturated carbocycles. The van der Waals surface area contributed by atoms with Crippen molar-refractivity contribution in [1.29, 1.82) is 0 Å². The van der Waals surface area contributed by atoms with Crippen LogP contribution in [0.5, 0.6) is 0 Å². The lowest BCUT2D eigenvalue weighted by Gasteiger charge is -2.17. The lowest BCUT2D eigenvalue weighted by molar-refractivity contribution is -0.122. The molecule has 7 nitrogen and oxygen atoms in total. The summed E-state index contributed by atoms with van der Waals surface area (Å²) in [5.74, 6) is -0.496. The van der Waals surface area contributed by atoms with Crippen LogP contribution >= 0.6 is 11.3 Å². The number of ketones is 2. The van der Waals surface area contributed by atoms with Crippen LogP contribution in [0.4, 0.5) is 16.2 Å². The van der Waals surface area contributed by atoms with Crippen LogP contribution < -0.4 is 10.2 Å². The van der Waals surface area contributed by atoms with Crippen molar-refractivity contribution in [3.63, 3.8) is 0 Å². The van der Waals surface area contributed by atoms with Crippen LogP contribution in [-0.2, 0) is 14.3 Å². The molecule has 152 valence electrons. The van der Waals surface area contributed by atoms with Gasteiger partial charge in [-0.2, -0.15) is 0 Å². The number of rotatable bonds is 9. The molecule has 0 radical (unpaired) electrons. The molecule has 1 saturated heterocycles. The van der Waals surface area contributed by atoms with Gasteiger partial charge in [-0.1, -0.05) is 12.1 Å². The van der Waals surface area contributed by atoms with Gasteiger partial charge in [-0.3, -0.25) is 19.3 Å². The number of carbonyl (C=O) groups excluding carboxylic acids is 4. The molecule has 1 aromatic carbocycles. The summed E-state index contributed by atoms with van der Waals surface area (Å²) in [6.45, 7) is 2.65. The molecule has 0 unspecified atom stereocenters. The molecule has 1 aliphatic rings. The van der Waals surface area contributed by atoms with Gasteiger partial charge in [-0.25, -0.2) is 4.79 Å². The van der Waals surface area contributed by atoms with Crippen molar-refractivity contribution < 1.29 is 23.9 Å². The SMILES string of the molecule is Cc1ccc(C(=O)CCC(=O)CCC(=O)Nc2ccccc2N2CCOC2=O)s1. The first-order valence-electron chi connectivity index (χ1n) is 9.38. The lowest BCUT2D eigenvalue weighted by Crippen LogP contribution is -2.25. The minimum Gasteiger partial charge on any atom is -0.447 e. The fourth-order valence-electron chi connectivity index (χ4n) is 2.98. The number of Topliss-reactive ketones (excluding diaryl/α,β-unsaturated/α-hetero) is 2. The molecule has 2 heterocycles. The monoisotopic (exact) mass is 414 g/mol. The number of nitrogens with one attached hydrogen (secondary N) is 1. The number of para-hydroxylation sites is 2. The van der Waals surface area contributed by atoms with Crippen molar-refractivity contribution >= 4 is 46.3 Å². The minimum absolute atomic E-state index is 0.0178. The van der Waals surface area contributed by atoms with E-state index in [1.165, 1.54) is 16.2 Å². The summed E-state index contributed by atoms with van der Waals surface area (Å²) in [7, 11) is 0. The number of ether oxygens (including phenoxy) is 1. The topological polar surface area (TPSA) is 92.8 Å². The van der Waals surface area contributed by atoms with Gasteiger partial charge in [-0.15, -0.1) is 11.3 Å². The molecular formula is C21H22N2O5S. The number of hydrogen-bond donors (Lipinski definition) is 1. The summed E-state index contributed by atoms with van der Waals surface area (Å²) in [5.41, 5.74) is 1.05. The smallest absolute Gasteiger partial charge is 0.414 e. The van der Waals surface area contributed by atoms with Crippen LogP contribution in [0.25, 0.3) is 0 Å². The van der Waals surface area contributed by atoms with Gasteiger partial charge in [0, 0.05) is 30.6 Å². The summed E-state index contributed by atoms with van der Waals surface area (Å²) < 4.78 is 4.94. The number of thiophene rings is 1. The third-order valence-electron chi connectivity index (χ3n) is 4.51. The van der Waals surface area contributed by atoms with Crippen LogP contribution in [0.3, 0.4) is 0 Å². The number of benzene rings is 1. The first kappa shape index (κ1) is 20.7. The second-order valence-corrected chi connectivity index (χ2v) is 7.99. The number of hydrogen-bond acceptors (Lipinski definition) is 6. The van der Waals surface area contributed by atoms with Gasteiger partial charge in [0.25, 0.3) is 0 Å². The molecule has 8 heteroatoms.